The summed E-state index contributed by atoms with van der Waals surface area (Å²) in [7, 11) is 0. The molecule has 2 aliphatic heterocycles. The molecule has 2 aromatic carbocycles. The SMILES string of the molecule is O=C1Cc2ccc(C3=NNC(=NCc4ccccc4Cl)SC3)cc2N1. The predicted octanol–water partition coefficient (Wildman–Crippen LogP) is 3.43. The van der Waals surface area contributed by atoms with Crippen LogP contribution in [0.25, 0.3) is 0 Å². The number of hydrogen-bond donors (Lipinski definition) is 2. The van der Waals surface area contributed by atoms with E-state index in [0.717, 1.165) is 44.0 Å². The number of rotatable bonds is 3. The average Bonchev–Trinajstić information content (AvgIpc) is 3.00. The van der Waals surface area contributed by atoms with Crippen LogP contribution >= 0.6 is 23.4 Å². The Morgan fingerprint density at radius 2 is 2.12 bits per heavy atom. The second-order valence-corrected chi connectivity index (χ2v) is 7.14. The van der Waals surface area contributed by atoms with Gasteiger partial charge in [-0.05, 0) is 23.3 Å². The van der Waals surface area contributed by atoms with Crippen LogP contribution in [-0.4, -0.2) is 22.5 Å². The molecule has 126 valence electrons. The van der Waals surface area contributed by atoms with Crippen LogP contribution in [0.1, 0.15) is 16.7 Å². The van der Waals surface area contributed by atoms with Crippen molar-refractivity contribution in [2.24, 2.45) is 10.1 Å². The minimum Gasteiger partial charge on any atom is -0.326 e. The third-order valence-electron chi connectivity index (χ3n) is 4.05. The number of amides is 1. The number of thioether (sulfide) groups is 1. The second-order valence-electron chi connectivity index (χ2n) is 5.77. The Hall–Kier alpha value is -2.31. The molecule has 2 aromatic rings. The van der Waals surface area contributed by atoms with E-state index in [1.165, 1.54) is 0 Å². The van der Waals surface area contributed by atoms with E-state index in [0.29, 0.717) is 13.0 Å². The lowest BCUT2D eigenvalue weighted by Crippen LogP contribution is -2.25. The first-order valence-electron chi connectivity index (χ1n) is 7.85. The summed E-state index contributed by atoms with van der Waals surface area (Å²) < 4.78 is 0. The number of anilines is 1. The fourth-order valence-corrected chi connectivity index (χ4v) is 3.69. The third-order valence-corrected chi connectivity index (χ3v) is 5.33. The normalized spacial score (nSPS) is 17.7. The molecular weight excluding hydrogens is 356 g/mol. The first-order chi connectivity index (χ1) is 12.2. The van der Waals surface area contributed by atoms with Crippen LogP contribution in [0.3, 0.4) is 0 Å². The lowest BCUT2D eigenvalue weighted by molar-refractivity contribution is -0.115. The molecule has 0 aliphatic carbocycles. The van der Waals surface area contributed by atoms with Crippen molar-refractivity contribution in [3.05, 3.63) is 64.2 Å². The molecule has 0 bridgehead atoms. The number of carbonyl (C=O) groups is 1. The number of hydrogen-bond acceptors (Lipinski definition) is 4. The molecule has 7 heteroatoms. The summed E-state index contributed by atoms with van der Waals surface area (Å²) in [6.45, 7) is 0.519. The minimum absolute atomic E-state index is 0.0409. The molecule has 0 spiro atoms. The van der Waals surface area contributed by atoms with E-state index < -0.39 is 0 Å². The van der Waals surface area contributed by atoms with Gasteiger partial charge in [0.2, 0.25) is 5.91 Å². The fraction of sp³-hybridized carbons (Fsp3) is 0.167. The van der Waals surface area contributed by atoms with Crippen molar-refractivity contribution in [2.45, 2.75) is 13.0 Å². The molecule has 0 fully saturated rings. The average molecular weight is 371 g/mol. The van der Waals surface area contributed by atoms with E-state index in [2.05, 4.69) is 20.8 Å². The second kappa shape index (κ2) is 6.90. The van der Waals surface area contributed by atoms with E-state index >= 15 is 0 Å². The summed E-state index contributed by atoms with van der Waals surface area (Å²) >= 11 is 7.75. The van der Waals surface area contributed by atoms with Crippen LogP contribution < -0.4 is 10.7 Å². The van der Waals surface area contributed by atoms with Crippen LogP contribution in [0.5, 0.6) is 0 Å². The van der Waals surface area contributed by atoms with Gasteiger partial charge in [0.05, 0.1) is 18.7 Å². The molecule has 2 N–H and O–H groups in total. The van der Waals surface area contributed by atoms with Crippen molar-refractivity contribution in [3.63, 3.8) is 0 Å². The Kier molecular flexibility index (Phi) is 4.46. The number of hydrazone groups is 1. The maximum Gasteiger partial charge on any atom is 0.228 e. The largest absolute Gasteiger partial charge is 0.326 e. The molecule has 2 aliphatic rings. The monoisotopic (exact) mass is 370 g/mol. The number of amidine groups is 1. The lowest BCUT2D eigenvalue weighted by Gasteiger charge is -2.15. The number of aliphatic imine (C=N–C) groups is 1. The highest BCUT2D eigenvalue weighted by atomic mass is 35.5. The zero-order chi connectivity index (χ0) is 17.2. The summed E-state index contributed by atoms with van der Waals surface area (Å²) in [6.07, 6.45) is 0.452. The minimum atomic E-state index is 0.0409. The van der Waals surface area contributed by atoms with Gasteiger partial charge in [-0.25, -0.2) is 0 Å². The summed E-state index contributed by atoms with van der Waals surface area (Å²) in [5, 5.41) is 8.80. The number of carbonyl (C=O) groups excluding carboxylic acids is 1. The quantitative estimate of drug-likeness (QED) is 0.869. The van der Waals surface area contributed by atoms with Gasteiger partial charge in [-0.15, -0.1) is 0 Å². The number of nitrogens with zero attached hydrogens (tertiary/aromatic N) is 2. The highest BCUT2D eigenvalue weighted by molar-refractivity contribution is 8.14. The van der Waals surface area contributed by atoms with Crippen molar-refractivity contribution in [1.29, 1.82) is 0 Å². The van der Waals surface area contributed by atoms with E-state index in [1.54, 1.807) is 11.8 Å². The molecule has 0 aromatic heterocycles. The summed E-state index contributed by atoms with van der Waals surface area (Å²) in [4.78, 5) is 16.0. The van der Waals surface area contributed by atoms with Crippen molar-refractivity contribution in [1.82, 2.24) is 5.43 Å². The maximum atomic E-state index is 11.5. The van der Waals surface area contributed by atoms with E-state index in [-0.39, 0.29) is 5.91 Å². The lowest BCUT2D eigenvalue weighted by atomic mass is 10.1. The van der Waals surface area contributed by atoms with Gasteiger partial charge in [-0.3, -0.25) is 15.2 Å². The molecule has 0 atom stereocenters. The Bertz CT molecular complexity index is 910. The number of benzene rings is 2. The van der Waals surface area contributed by atoms with E-state index in [9.17, 15) is 4.79 Å². The van der Waals surface area contributed by atoms with Crippen LogP contribution in [-0.2, 0) is 17.8 Å². The predicted molar refractivity (Wildman–Crippen MR) is 103 cm³/mol. The molecule has 0 radical (unpaired) electrons. The number of halogens is 1. The topological polar surface area (TPSA) is 65.8 Å². The molecule has 2 heterocycles. The number of nitrogens with one attached hydrogen (secondary N) is 2. The van der Waals surface area contributed by atoms with Gasteiger partial charge in [0, 0.05) is 22.0 Å². The van der Waals surface area contributed by atoms with Gasteiger partial charge in [0.25, 0.3) is 0 Å². The molecular formula is C18H15ClN4OS. The van der Waals surface area contributed by atoms with Crippen LogP contribution in [0.15, 0.2) is 52.6 Å². The van der Waals surface area contributed by atoms with Crippen molar-refractivity contribution < 1.29 is 4.79 Å². The number of fused-ring (bicyclic) bond motifs is 1. The van der Waals surface area contributed by atoms with E-state index in [1.807, 2.05) is 42.5 Å². The zero-order valence-electron chi connectivity index (χ0n) is 13.3. The Morgan fingerprint density at radius 1 is 1.24 bits per heavy atom. The highest BCUT2D eigenvalue weighted by Crippen LogP contribution is 2.25. The molecule has 4 rings (SSSR count). The van der Waals surface area contributed by atoms with Crippen molar-refractivity contribution >= 4 is 45.8 Å². The highest BCUT2D eigenvalue weighted by Gasteiger charge is 2.20. The molecule has 0 saturated carbocycles. The molecule has 5 nitrogen and oxygen atoms in total. The van der Waals surface area contributed by atoms with Crippen molar-refractivity contribution in [2.75, 3.05) is 11.1 Å². The van der Waals surface area contributed by atoms with Crippen molar-refractivity contribution in [3.8, 4) is 0 Å². The molecule has 0 unspecified atom stereocenters. The van der Waals surface area contributed by atoms with Gasteiger partial charge < -0.3 is 5.32 Å². The molecule has 25 heavy (non-hydrogen) atoms. The van der Waals surface area contributed by atoms with Gasteiger partial charge in [-0.1, -0.05) is 53.7 Å². The van der Waals surface area contributed by atoms with Crippen LogP contribution in [0.4, 0.5) is 5.69 Å². The zero-order valence-corrected chi connectivity index (χ0v) is 14.8. The summed E-state index contributed by atoms with van der Waals surface area (Å²) in [5.74, 6) is 0.764. The van der Waals surface area contributed by atoms with E-state index in [4.69, 9.17) is 11.6 Å². The Morgan fingerprint density at radius 3 is 2.92 bits per heavy atom. The summed E-state index contributed by atoms with van der Waals surface area (Å²) in [5.41, 5.74) is 7.85. The summed E-state index contributed by atoms with van der Waals surface area (Å²) in [6, 6.07) is 13.7. The van der Waals surface area contributed by atoms with Crippen LogP contribution in [0.2, 0.25) is 5.02 Å². The molecule has 0 saturated heterocycles. The third kappa shape index (κ3) is 3.55. The van der Waals surface area contributed by atoms with Gasteiger partial charge in [0.15, 0.2) is 5.17 Å². The first kappa shape index (κ1) is 16.2. The molecule has 1 amide bonds. The maximum absolute atomic E-state index is 11.5. The fourth-order valence-electron chi connectivity index (χ4n) is 2.72. The van der Waals surface area contributed by atoms with Gasteiger partial charge in [-0.2, -0.15) is 5.10 Å². The first-order valence-corrected chi connectivity index (χ1v) is 9.22. The standard InChI is InChI=1S/C18H15ClN4OS/c19-14-4-2-1-3-13(14)9-20-18-23-22-16(10-25-18)11-5-6-12-8-17(24)21-15(12)7-11/h1-7H,8-10H2,(H,20,23)(H,21,24). The Labute approximate surface area is 154 Å². The van der Waals surface area contributed by atoms with Gasteiger partial charge >= 0.3 is 0 Å². The van der Waals surface area contributed by atoms with Gasteiger partial charge in [0.1, 0.15) is 0 Å². The Balaban J connectivity index is 1.46. The smallest absolute Gasteiger partial charge is 0.228 e. The van der Waals surface area contributed by atoms with Crippen LogP contribution in [0, 0.1) is 0 Å².